The van der Waals surface area contributed by atoms with Gasteiger partial charge < -0.3 is 4.90 Å². The number of benzene rings is 1. The summed E-state index contributed by atoms with van der Waals surface area (Å²) in [5.41, 5.74) is 1.15. The zero-order chi connectivity index (χ0) is 13.7. The summed E-state index contributed by atoms with van der Waals surface area (Å²) in [7, 11) is 0. The van der Waals surface area contributed by atoms with Crippen molar-refractivity contribution in [2.45, 2.75) is 26.2 Å². The van der Waals surface area contributed by atoms with Crippen molar-refractivity contribution in [3.05, 3.63) is 47.8 Å². The summed E-state index contributed by atoms with van der Waals surface area (Å²) in [5.74, 6) is 0.386. The molecule has 1 aliphatic heterocycles. The summed E-state index contributed by atoms with van der Waals surface area (Å²) in [5, 5.41) is 0. The molecule has 1 saturated heterocycles. The third kappa shape index (κ3) is 3.91. The summed E-state index contributed by atoms with van der Waals surface area (Å²) < 4.78 is 12.9. The van der Waals surface area contributed by atoms with Gasteiger partial charge in [-0.2, -0.15) is 0 Å². The minimum Gasteiger partial charge on any atom is -0.339 e. The normalized spacial score (nSPS) is 19.9. The van der Waals surface area contributed by atoms with E-state index in [-0.39, 0.29) is 11.7 Å². The van der Waals surface area contributed by atoms with E-state index in [1.165, 1.54) is 12.1 Å². The molecule has 1 aromatic rings. The van der Waals surface area contributed by atoms with Crippen molar-refractivity contribution in [3.63, 3.8) is 0 Å². The minimum atomic E-state index is -0.197. The molecular weight excluding hydrogens is 241 g/mol. The highest BCUT2D eigenvalue weighted by atomic mass is 19.1. The Bertz CT molecular complexity index is 452. The van der Waals surface area contributed by atoms with E-state index in [1.807, 2.05) is 24.0 Å². The largest absolute Gasteiger partial charge is 0.339 e. The summed E-state index contributed by atoms with van der Waals surface area (Å²) >= 11 is 0. The molecule has 0 aromatic heterocycles. The van der Waals surface area contributed by atoms with Crippen molar-refractivity contribution in [2.75, 3.05) is 13.1 Å². The summed E-state index contributed by atoms with van der Waals surface area (Å²) in [4.78, 5) is 13.7. The fourth-order valence-electron chi connectivity index (χ4n) is 2.63. The Balaban J connectivity index is 1.94. The minimum absolute atomic E-state index is 0.103. The van der Waals surface area contributed by atoms with Crippen molar-refractivity contribution in [1.82, 2.24) is 4.90 Å². The van der Waals surface area contributed by atoms with Crippen molar-refractivity contribution >= 4 is 5.91 Å². The predicted octanol–water partition coefficient (Wildman–Crippen LogP) is 3.18. The first kappa shape index (κ1) is 13.8. The van der Waals surface area contributed by atoms with Crippen LogP contribution in [0.3, 0.4) is 0 Å². The molecule has 0 spiro atoms. The molecule has 0 aliphatic carbocycles. The molecule has 1 aromatic carbocycles. The van der Waals surface area contributed by atoms with Crippen LogP contribution in [0.15, 0.2) is 36.4 Å². The number of nitrogens with zero attached hydrogens (tertiary/aromatic N) is 1. The lowest BCUT2D eigenvalue weighted by Gasteiger charge is -2.32. The second-order valence-electron chi connectivity index (χ2n) is 5.12. The van der Waals surface area contributed by atoms with Crippen LogP contribution in [-0.4, -0.2) is 23.9 Å². The lowest BCUT2D eigenvalue weighted by Crippen LogP contribution is -2.39. The second-order valence-corrected chi connectivity index (χ2v) is 5.12. The molecule has 1 fully saturated rings. The molecule has 0 saturated carbocycles. The number of amides is 1. The average Bonchev–Trinajstić information content (AvgIpc) is 2.42. The second kappa shape index (κ2) is 6.50. The number of likely N-dealkylation sites (tertiary alicyclic amines) is 1. The van der Waals surface area contributed by atoms with Gasteiger partial charge >= 0.3 is 0 Å². The van der Waals surface area contributed by atoms with E-state index in [0.717, 1.165) is 37.9 Å². The maximum absolute atomic E-state index is 12.9. The number of carbonyl (C=O) groups excluding carboxylic acids is 1. The smallest absolute Gasteiger partial charge is 0.246 e. The Hall–Kier alpha value is -1.64. The molecular formula is C16H20FNO. The van der Waals surface area contributed by atoms with Crippen LogP contribution >= 0.6 is 0 Å². The topological polar surface area (TPSA) is 20.3 Å². The van der Waals surface area contributed by atoms with Crippen molar-refractivity contribution in [1.29, 1.82) is 0 Å². The van der Waals surface area contributed by atoms with Gasteiger partial charge in [0.25, 0.3) is 0 Å². The van der Waals surface area contributed by atoms with Gasteiger partial charge in [0.1, 0.15) is 5.82 Å². The van der Waals surface area contributed by atoms with Crippen LogP contribution in [-0.2, 0) is 11.2 Å². The number of allylic oxidation sites excluding steroid dienone is 1. The Morgan fingerprint density at radius 2 is 2.16 bits per heavy atom. The highest BCUT2D eigenvalue weighted by Crippen LogP contribution is 2.21. The first-order valence-corrected chi connectivity index (χ1v) is 6.85. The van der Waals surface area contributed by atoms with E-state index in [0.29, 0.717) is 5.92 Å². The average molecular weight is 261 g/mol. The number of rotatable bonds is 3. The Labute approximate surface area is 113 Å². The molecule has 102 valence electrons. The molecule has 2 rings (SSSR count). The Kier molecular flexibility index (Phi) is 4.72. The monoisotopic (exact) mass is 261 g/mol. The quantitative estimate of drug-likeness (QED) is 0.765. The fraction of sp³-hybridized carbons (Fsp3) is 0.438. The summed E-state index contributed by atoms with van der Waals surface area (Å²) in [6, 6.07) is 6.67. The van der Waals surface area contributed by atoms with Gasteiger partial charge in [0.2, 0.25) is 5.91 Å². The molecule has 1 unspecified atom stereocenters. The number of carbonyl (C=O) groups is 1. The standard InChI is InChI=1S/C16H20FNO/c1-2-4-16(19)18-10-3-5-14(12-18)11-13-6-8-15(17)9-7-13/h2,4,6-9,14H,3,5,10-12H2,1H3/b4-2+. The number of piperidine rings is 1. The highest BCUT2D eigenvalue weighted by molar-refractivity contribution is 5.87. The molecule has 2 nitrogen and oxygen atoms in total. The van der Waals surface area contributed by atoms with Gasteiger partial charge in [0, 0.05) is 13.1 Å². The highest BCUT2D eigenvalue weighted by Gasteiger charge is 2.22. The first-order chi connectivity index (χ1) is 9.19. The van der Waals surface area contributed by atoms with Gasteiger partial charge in [-0.25, -0.2) is 4.39 Å². The van der Waals surface area contributed by atoms with Crippen molar-refractivity contribution < 1.29 is 9.18 Å². The fourth-order valence-corrected chi connectivity index (χ4v) is 2.63. The van der Waals surface area contributed by atoms with E-state index in [1.54, 1.807) is 12.2 Å². The van der Waals surface area contributed by atoms with E-state index < -0.39 is 0 Å². The van der Waals surface area contributed by atoms with Gasteiger partial charge in [-0.05, 0) is 55.9 Å². The predicted molar refractivity (Wildman–Crippen MR) is 74.2 cm³/mol. The van der Waals surface area contributed by atoms with Crippen LogP contribution in [0, 0.1) is 11.7 Å². The summed E-state index contributed by atoms with van der Waals surface area (Å²) in [6.45, 7) is 3.52. The molecule has 1 amide bonds. The molecule has 1 aliphatic rings. The van der Waals surface area contributed by atoms with Gasteiger partial charge in [-0.3, -0.25) is 4.79 Å². The van der Waals surface area contributed by atoms with E-state index in [4.69, 9.17) is 0 Å². The van der Waals surface area contributed by atoms with E-state index >= 15 is 0 Å². The van der Waals surface area contributed by atoms with Crippen molar-refractivity contribution in [2.24, 2.45) is 5.92 Å². The maximum Gasteiger partial charge on any atom is 0.246 e. The maximum atomic E-state index is 12.9. The van der Waals surface area contributed by atoms with Crippen LogP contribution in [0.4, 0.5) is 4.39 Å². The number of hydrogen-bond acceptors (Lipinski definition) is 1. The molecule has 1 heterocycles. The van der Waals surface area contributed by atoms with Gasteiger partial charge in [0.15, 0.2) is 0 Å². The molecule has 0 N–H and O–H groups in total. The number of halogens is 1. The third-order valence-electron chi connectivity index (χ3n) is 3.58. The van der Waals surface area contributed by atoms with E-state index in [9.17, 15) is 9.18 Å². The number of hydrogen-bond donors (Lipinski definition) is 0. The molecule has 0 radical (unpaired) electrons. The first-order valence-electron chi connectivity index (χ1n) is 6.85. The summed E-state index contributed by atoms with van der Waals surface area (Å²) in [6.07, 6.45) is 6.51. The van der Waals surface area contributed by atoms with Gasteiger partial charge in [-0.15, -0.1) is 0 Å². The molecule has 3 heteroatoms. The van der Waals surface area contributed by atoms with E-state index in [2.05, 4.69) is 0 Å². The van der Waals surface area contributed by atoms with Gasteiger partial charge in [0.05, 0.1) is 0 Å². The van der Waals surface area contributed by atoms with Crippen LogP contribution in [0.5, 0.6) is 0 Å². The zero-order valence-corrected chi connectivity index (χ0v) is 11.3. The SMILES string of the molecule is C/C=C/C(=O)N1CCCC(Cc2ccc(F)cc2)C1. The van der Waals surface area contributed by atoms with Crippen LogP contribution in [0.1, 0.15) is 25.3 Å². The molecule has 0 bridgehead atoms. The van der Waals surface area contributed by atoms with Gasteiger partial charge in [-0.1, -0.05) is 18.2 Å². The molecule has 1 atom stereocenters. The Morgan fingerprint density at radius 3 is 2.84 bits per heavy atom. The Morgan fingerprint density at radius 1 is 1.42 bits per heavy atom. The van der Waals surface area contributed by atoms with Crippen LogP contribution < -0.4 is 0 Å². The molecule has 19 heavy (non-hydrogen) atoms. The van der Waals surface area contributed by atoms with Crippen LogP contribution in [0.2, 0.25) is 0 Å². The third-order valence-corrected chi connectivity index (χ3v) is 3.58. The van der Waals surface area contributed by atoms with Crippen LogP contribution in [0.25, 0.3) is 0 Å². The van der Waals surface area contributed by atoms with Crippen molar-refractivity contribution in [3.8, 4) is 0 Å². The lowest BCUT2D eigenvalue weighted by atomic mass is 9.91. The zero-order valence-electron chi connectivity index (χ0n) is 11.3. The lowest BCUT2D eigenvalue weighted by molar-refractivity contribution is -0.127.